The minimum absolute atomic E-state index is 0.0632. The molecule has 0 spiro atoms. The Morgan fingerprint density at radius 2 is 1.71 bits per heavy atom. The summed E-state index contributed by atoms with van der Waals surface area (Å²) in [6, 6.07) is 18.1. The maximum absolute atomic E-state index is 13.5. The van der Waals surface area contributed by atoms with Crippen LogP contribution in [0.2, 0.25) is 0 Å². The van der Waals surface area contributed by atoms with Crippen LogP contribution in [0.5, 0.6) is 0 Å². The monoisotopic (exact) mass is 561 g/mol. The van der Waals surface area contributed by atoms with Crippen molar-refractivity contribution < 1.29 is 22.4 Å². The highest BCUT2D eigenvalue weighted by Crippen LogP contribution is 2.36. The summed E-state index contributed by atoms with van der Waals surface area (Å²) in [4.78, 5) is 26.0. The summed E-state index contributed by atoms with van der Waals surface area (Å²) < 4.78 is 46.5. The van der Waals surface area contributed by atoms with E-state index >= 15 is 0 Å². The minimum Gasteiger partial charge on any atom is -0.402 e. The molecule has 9 nitrogen and oxygen atoms in total. The summed E-state index contributed by atoms with van der Waals surface area (Å²) in [6.07, 6.45) is -4.68. The molecule has 41 heavy (non-hydrogen) atoms. The number of hydrogen-bond donors (Lipinski definition) is 1. The number of Topliss-reactive ketones (excluding diaryl/α,β-unsaturated/α-hetero) is 1. The van der Waals surface area contributed by atoms with Gasteiger partial charge in [0.2, 0.25) is 0 Å². The van der Waals surface area contributed by atoms with E-state index in [1.54, 1.807) is 0 Å². The van der Waals surface area contributed by atoms with Gasteiger partial charge < -0.3 is 19.5 Å². The summed E-state index contributed by atoms with van der Waals surface area (Å²) in [5.41, 5.74) is 2.73. The Morgan fingerprint density at radius 3 is 2.46 bits per heavy atom. The first kappa shape index (κ1) is 26.6. The van der Waals surface area contributed by atoms with Gasteiger partial charge in [0.1, 0.15) is 0 Å². The van der Waals surface area contributed by atoms with Crippen molar-refractivity contribution in [2.45, 2.75) is 18.8 Å². The molecule has 2 aromatic heterocycles. The number of hydrogen-bond acceptors (Lipinski definition) is 9. The third kappa shape index (κ3) is 5.55. The molecule has 210 valence electrons. The average Bonchev–Trinajstić information content (AvgIpc) is 3.38. The molecule has 0 radical (unpaired) electrons. The molecular formula is C29H26F3N7O2. The van der Waals surface area contributed by atoms with Gasteiger partial charge in [0.05, 0.1) is 17.0 Å². The van der Waals surface area contributed by atoms with Gasteiger partial charge in [0.25, 0.3) is 5.89 Å². The highest BCUT2D eigenvalue weighted by atomic mass is 19.4. The van der Waals surface area contributed by atoms with E-state index in [1.165, 1.54) is 0 Å². The van der Waals surface area contributed by atoms with Crippen molar-refractivity contribution in [1.29, 1.82) is 0 Å². The number of aliphatic imine (C=N–C) groups is 1. The second-order valence-electron chi connectivity index (χ2n) is 9.98. The van der Waals surface area contributed by atoms with Crippen LogP contribution in [0.15, 0.2) is 76.3 Å². The van der Waals surface area contributed by atoms with E-state index in [0.717, 1.165) is 29.0 Å². The Morgan fingerprint density at radius 1 is 0.976 bits per heavy atom. The molecule has 2 aliphatic heterocycles. The van der Waals surface area contributed by atoms with Crippen molar-refractivity contribution in [2.24, 2.45) is 4.99 Å². The van der Waals surface area contributed by atoms with Gasteiger partial charge in [0, 0.05) is 49.9 Å². The number of nitrogens with zero attached hydrogens (tertiary/aromatic N) is 6. The lowest BCUT2D eigenvalue weighted by Crippen LogP contribution is -2.44. The number of piperazine rings is 1. The topological polar surface area (TPSA) is 99.8 Å². The van der Waals surface area contributed by atoms with Crippen LogP contribution in [-0.2, 0) is 17.4 Å². The summed E-state index contributed by atoms with van der Waals surface area (Å²) in [5.74, 6) is -0.263. The van der Waals surface area contributed by atoms with Crippen LogP contribution >= 0.6 is 0 Å². The number of carbonyl (C=O) groups excluding carboxylic acids is 1. The SMILES string of the molecule is CN1CCN(c2cc(C(F)(F)F)cnc2-c2nnc(N[C@H]3N=C(c4ccccc4)c4ccccc4CC3=O)o2)CC1. The van der Waals surface area contributed by atoms with E-state index in [-0.39, 0.29) is 35.5 Å². The quantitative estimate of drug-likeness (QED) is 0.385. The number of likely N-dealkylation sites (N-methyl/N-ethyl adjacent to an activating group) is 1. The predicted octanol–water partition coefficient (Wildman–Crippen LogP) is 4.30. The molecule has 0 aliphatic carbocycles. The number of alkyl halides is 3. The van der Waals surface area contributed by atoms with Gasteiger partial charge in [0.15, 0.2) is 17.6 Å². The Labute approximate surface area is 233 Å². The van der Waals surface area contributed by atoms with Crippen molar-refractivity contribution in [3.05, 3.63) is 89.1 Å². The van der Waals surface area contributed by atoms with Gasteiger partial charge in [-0.3, -0.25) is 9.79 Å². The molecular weight excluding hydrogens is 535 g/mol. The van der Waals surface area contributed by atoms with Gasteiger partial charge in [-0.1, -0.05) is 59.7 Å². The number of carbonyl (C=O) groups is 1. The molecule has 1 fully saturated rings. The van der Waals surface area contributed by atoms with Crippen molar-refractivity contribution in [2.75, 3.05) is 43.4 Å². The lowest BCUT2D eigenvalue weighted by Gasteiger charge is -2.34. The molecule has 6 rings (SSSR count). The van der Waals surface area contributed by atoms with Gasteiger partial charge >= 0.3 is 12.2 Å². The Kier molecular flexibility index (Phi) is 7.00. The number of pyridine rings is 1. The van der Waals surface area contributed by atoms with Crippen LogP contribution in [0.1, 0.15) is 22.3 Å². The Bertz CT molecular complexity index is 1600. The summed E-state index contributed by atoms with van der Waals surface area (Å²) in [7, 11) is 1.96. The first-order valence-electron chi connectivity index (χ1n) is 13.1. The number of nitrogens with one attached hydrogen (secondary N) is 1. The maximum Gasteiger partial charge on any atom is 0.417 e. The highest BCUT2D eigenvalue weighted by Gasteiger charge is 2.34. The molecule has 0 saturated carbocycles. The predicted molar refractivity (Wildman–Crippen MR) is 147 cm³/mol. The standard InChI is InChI=1S/C29H26F3N7O2/c1-38-11-13-39(14-12-38)22-16-20(29(30,31)32)17-33-25(22)27-36-37-28(41-27)35-26-23(40)15-19-9-5-6-10-21(19)24(34-26)18-7-3-2-4-8-18/h2-10,16-17,26H,11-15H2,1H3,(H,35,37)/t26-/m1/s1. The largest absolute Gasteiger partial charge is 0.417 e. The van der Waals surface area contributed by atoms with Crippen LogP contribution in [0, 0.1) is 0 Å². The third-order valence-corrected chi connectivity index (χ3v) is 7.17. The molecule has 0 unspecified atom stereocenters. The van der Waals surface area contributed by atoms with Crippen LogP contribution < -0.4 is 10.2 Å². The van der Waals surface area contributed by atoms with Crippen molar-refractivity contribution in [1.82, 2.24) is 20.1 Å². The smallest absolute Gasteiger partial charge is 0.402 e. The van der Waals surface area contributed by atoms with Gasteiger partial charge in [-0.05, 0) is 18.7 Å². The molecule has 4 aromatic rings. The fourth-order valence-electron chi connectivity index (χ4n) is 4.95. The van der Waals surface area contributed by atoms with Crippen molar-refractivity contribution in [3.8, 4) is 11.6 Å². The fourth-order valence-corrected chi connectivity index (χ4v) is 4.95. The maximum atomic E-state index is 13.5. The Hall–Kier alpha value is -4.58. The number of benzene rings is 2. The molecule has 0 bridgehead atoms. The first-order valence-corrected chi connectivity index (χ1v) is 13.1. The zero-order valence-corrected chi connectivity index (χ0v) is 22.1. The summed E-state index contributed by atoms with van der Waals surface area (Å²) >= 11 is 0. The number of aromatic nitrogens is 3. The highest BCUT2D eigenvalue weighted by molar-refractivity contribution is 6.16. The Balaban J connectivity index is 1.33. The number of halogens is 3. The molecule has 1 saturated heterocycles. The minimum atomic E-state index is -4.56. The van der Waals surface area contributed by atoms with Crippen LogP contribution in [0.4, 0.5) is 24.9 Å². The molecule has 1 N–H and O–H groups in total. The molecule has 2 aliphatic rings. The normalized spacial score (nSPS) is 18.0. The third-order valence-electron chi connectivity index (χ3n) is 7.17. The second kappa shape index (κ2) is 10.8. The second-order valence-corrected chi connectivity index (χ2v) is 9.98. The van der Waals surface area contributed by atoms with E-state index in [2.05, 4.69) is 25.4 Å². The molecule has 12 heteroatoms. The van der Waals surface area contributed by atoms with Crippen LogP contribution in [0.25, 0.3) is 11.6 Å². The average molecular weight is 562 g/mol. The van der Waals surface area contributed by atoms with Crippen LogP contribution in [0.3, 0.4) is 0 Å². The van der Waals surface area contributed by atoms with Crippen molar-refractivity contribution >= 4 is 23.2 Å². The van der Waals surface area contributed by atoms with E-state index < -0.39 is 17.9 Å². The zero-order chi connectivity index (χ0) is 28.6. The summed E-state index contributed by atoms with van der Waals surface area (Å²) in [6.45, 7) is 2.39. The zero-order valence-electron chi connectivity index (χ0n) is 22.1. The first-order chi connectivity index (χ1) is 19.8. The van der Waals surface area contributed by atoms with E-state index in [4.69, 9.17) is 9.41 Å². The number of rotatable bonds is 5. The lowest BCUT2D eigenvalue weighted by molar-refractivity contribution is -0.137. The number of ketones is 1. The van der Waals surface area contributed by atoms with Gasteiger partial charge in [-0.25, -0.2) is 4.98 Å². The number of anilines is 2. The van der Waals surface area contributed by atoms with Crippen molar-refractivity contribution in [3.63, 3.8) is 0 Å². The van der Waals surface area contributed by atoms with Crippen LogP contribution in [-0.4, -0.2) is 71.0 Å². The molecule has 1 atom stereocenters. The lowest BCUT2D eigenvalue weighted by atomic mass is 9.96. The molecule has 0 amide bonds. The van der Waals surface area contributed by atoms with E-state index in [9.17, 15) is 18.0 Å². The molecule has 4 heterocycles. The fraction of sp³-hybridized carbons (Fsp3) is 0.276. The summed E-state index contributed by atoms with van der Waals surface area (Å²) in [5, 5.41) is 11.0. The van der Waals surface area contributed by atoms with E-state index in [0.29, 0.717) is 31.9 Å². The molecule has 2 aromatic carbocycles. The number of fused-ring (bicyclic) bond motifs is 1. The van der Waals surface area contributed by atoms with Gasteiger partial charge in [-0.15, -0.1) is 5.10 Å². The van der Waals surface area contributed by atoms with E-state index in [1.807, 2.05) is 66.5 Å². The van der Waals surface area contributed by atoms with Gasteiger partial charge in [-0.2, -0.15) is 13.2 Å².